The van der Waals surface area contributed by atoms with Gasteiger partial charge in [-0.2, -0.15) is 0 Å². The lowest BCUT2D eigenvalue weighted by Gasteiger charge is -2.18. The van der Waals surface area contributed by atoms with E-state index in [9.17, 15) is 14.0 Å². The van der Waals surface area contributed by atoms with Crippen molar-refractivity contribution in [1.82, 2.24) is 0 Å². The molecule has 0 bridgehead atoms. The van der Waals surface area contributed by atoms with E-state index in [0.717, 1.165) is 4.90 Å². The van der Waals surface area contributed by atoms with Gasteiger partial charge in [-0.05, 0) is 29.8 Å². The number of nitrogens with zero attached hydrogens (tertiary/aromatic N) is 1. The topological polar surface area (TPSA) is 55.8 Å². The highest BCUT2D eigenvalue weighted by Crippen LogP contribution is 2.40. The Morgan fingerprint density at radius 2 is 1.64 bits per heavy atom. The Labute approximate surface area is 148 Å². The van der Waals surface area contributed by atoms with Gasteiger partial charge in [0.25, 0.3) is 11.8 Å². The molecule has 0 spiro atoms. The molecule has 0 unspecified atom stereocenters. The first-order valence-electron chi connectivity index (χ1n) is 7.24. The standard InChI is InChI=1S/C18H13ClFNO4/c1-24-12-7-8-14(25-2)13(9-12)21-17(22)15(16(19)18(21)23)10-3-5-11(20)6-4-10/h3-9H,1-2H3. The maximum absolute atomic E-state index is 13.1. The normalized spacial score (nSPS) is 14.3. The van der Waals surface area contributed by atoms with Crippen LogP contribution in [0.15, 0.2) is 47.5 Å². The lowest BCUT2D eigenvalue weighted by atomic mass is 10.1. The average Bonchev–Trinajstić information content (AvgIpc) is 2.84. The summed E-state index contributed by atoms with van der Waals surface area (Å²) in [6.07, 6.45) is 0. The van der Waals surface area contributed by atoms with Crippen LogP contribution in [0.4, 0.5) is 10.1 Å². The summed E-state index contributed by atoms with van der Waals surface area (Å²) in [6, 6.07) is 9.90. The monoisotopic (exact) mass is 361 g/mol. The summed E-state index contributed by atoms with van der Waals surface area (Å²) in [5.74, 6) is -0.996. The molecule has 0 saturated heterocycles. The first kappa shape index (κ1) is 17.0. The summed E-state index contributed by atoms with van der Waals surface area (Å²) in [5, 5.41) is -0.235. The Bertz CT molecular complexity index is 892. The fraction of sp³-hybridized carbons (Fsp3) is 0.111. The number of hydrogen-bond donors (Lipinski definition) is 0. The molecule has 2 aromatic rings. The molecule has 0 N–H and O–H groups in total. The van der Waals surface area contributed by atoms with Gasteiger partial charge in [0.1, 0.15) is 22.3 Å². The SMILES string of the molecule is COc1ccc(OC)c(N2C(=O)C(Cl)=C(c3ccc(F)cc3)C2=O)c1. The van der Waals surface area contributed by atoms with Crippen LogP contribution >= 0.6 is 11.6 Å². The quantitative estimate of drug-likeness (QED) is 0.783. The van der Waals surface area contributed by atoms with Gasteiger partial charge in [0.15, 0.2) is 0 Å². The molecule has 0 aromatic heterocycles. The average molecular weight is 362 g/mol. The van der Waals surface area contributed by atoms with Crippen molar-refractivity contribution in [3.63, 3.8) is 0 Å². The molecule has 1 heterocycles. The fourth-order valence-corrected chi connectivity index (χ4v) is 2.83. The van der Waals surface area contributed by atoms with Gasteiger partial charge in [-0.3, -0.25) is 9.59 Å². The zero-order chi connectivity index (χ0) is 18.1. The molecular formula is C18H13ClFNO4. The van der Waals surface area contributed by atoms with Crippen molar-refractivity contribution in [3.8, 4) is 11.5 Å². The van der Waals surface area contributed by atoms with E-state index in [4.69, 9.17) is 21.1 Å². The Morgan fingerprint density at radius 1 is 0.960 bits per heavy atom. The van der Waals surface area contributed by atoms with Crippen molar-refractivity contribution >= 4 is 34.7 Å². The van der Waals surface area contributed by atoms with Crippen LogP contribution in [0, 0.1) is 5.82 Å². The van der Waals surface area contributed by atoms with Crippen LogP contribution in [0.5, 0.6) is 11.5 Å². The van der Waals surface area contributed by atoms with E-state index in [0.29, 0.717) is 17.1 Å². The molecule has 128 valence electrons. The minimum Gasteiger partial charge on any atom is -0.497 e. The number of hydrogen-bond acceptors (Lipinski definition) is 4. The van der Waals surface area contributed by atoms with Crippen LogP contribution in [0.2, 0.25) is 0 Å². The second-order valence-corrected chi connectivity index (χ2v) is 5.56. The number of benzene rings is 2. The molecule has 1 aliphatic heterocycles. The predicted molar refractivity (Wildman–Crippen MR) is 91.2 cm³/mol. The van der Waals surface area contributed by atoms with E-state index in [1.54, 1.807) is 12.1 Å². The van der Waals surface area contributed by atoms with E-state index in [1.165, 1.54) is 44.6 Å². The summed E-state index contributed by atoms with van der Waals surface area (Å²) in [6.45, 7) is 0. The van der Waals surface area contributed by atoms with Crippen molar-refractivity contribution in [2.75, 3.05) is 19.1 Å². The predicted octanol–water partition coefficient (Wildman–Crippen LogP) is 3.37. The highest BCUT2D eigenvalue weighted by Gasteiger charge is 2.40. The summed E-state index contributed by atoms with van der Waals surface area (Å²) >= 11 is 6.11. The number of ether oxygens (including phenoxy) is 2. The summed E-state index contributed by atoms with van der Waals surface area (Å²) < 4.78 is 23.5. The summed E-state index contributed by atoms with van der Waals surface area (Å²) in [7, 11) is 2.89. The van der Waals surface area contributed by atoms with Crippen LogP contribution in [0.25, 0.3) is 5.57 Å². The number of carbonyl (C=O) groups excluding carboxylic acids is 2. The van der Waals surface area contributed by atoms with Crippen molar-refractivity contribution in [1.29, 1.82) is 0 Å². The second kappa shape index (κ2) is 6.57. The molecule has 25 heavy (non-hydrogen) atoms. The zero-order valence-corrected chi connectivity index (χ0v) is 14.1. The maximum Gasteiger partial charge on any atom is 0.277 e. The Morgan fingerprint density at radius 3 is 2.24 bits per heavy atom. The number of halogens is 2. The van der Waals surface area contributed by atoms with E-state index in [-0.39, 0.29) is 16.3 Å². The van der Waals surface area contributed by atoms with Crippen molar-refractivity contribution in [2.24, 2.45) is 0 Å². The second-order valence-electron chi connectivity index (χ2n) is 5.18. The molecule has 2 aromatic carbocycles. The molecule has 7 heteroatoms. The Kier molecular flexibility index (Phi) is 4.46. The number of rotatable bonds is 4. The molecule has 0 radical (unpaired) electrons. The van der Waals surface area contributed by atoms with Gasteiger partial charge in [-0.25, -0.2) is 9.29 Å². The largest absolute Gasteiger partial charge is 0.497 e. The number of imide groups is 1. The number of amides is 2. The third-order valence-electron chi connectivity index (χ3n) is 3.79. The van der Waals surface area contributed by atoms with Gasteiger partial charge in [-0.15, -0.1) is 0 Å². The Balaban J connectivity index is 2.09. The molecule has 1 aliphatic rings. The van der Waals surface area contributed by atoms with Crippen LogP contribution < -0.4 is 14.4 Å². The number of carbonyl (C=O) groups is 2. The molecule has 0 aliphatic carbocycles. The fourth-order valence-electron chi connectivity index (χ4n) is 2.56. The van der Waals surface area contributed by atoms with E-state index in [2.05, 4.69) is 0 Å². The van der Waals surface area contributed by atoms with Crippen molar-refractivity contribution < 1.29 is 23.5 Å². The zero-order valence-electron chi connectivity index (χ0n) is 13.4. The van der Waals surface area contributed by atoms with Gasteiger partial charge in [0.05, 0.1) is 25.5 Å². The summed E-state index contributed by atoms with van der Waals surface area (Å²) in [5.41, 5.74) is 0.581. The highest BCUT2D eigenvalue weighted by atomic mass is 35.5. The molecule has 2 amide bonds. The number of anilines is 1. The molecule has 5 nitrogen and oxygen atoms in total. The lowest BCUT2D eigenvalue weighted by molar-refractivity contribution is -0.119. The molecule has 0 atom stereocenters. The van der Waals surface area contributed by atoms with Crippen LogP contribution in [-0.2, 0) is 9.59 Å². The van der Waals surface area contributed by atoms with E-state index < -0.39 is 17.6 Å². The van der Waals surface area contributed by atoms with Gasteiger partial charge < -0.3 is 9.47 Å². The number of methoxy groups -OCH3 is 2. The Hall–Kier alpha value is -2.86. The lowest BCUT2D eigenvalue weighted by Crippen LogP contribution is -2.31. The molecule has 0 saturated carbocycles. The molecule has 0 fully saturated rings. The van der Waals surface area contributed by atoms with Crippen molar-refractivity contribution in [2.45, 2.75) is 0 Å². The highest BCUT2D eigenvalue weighted by molar-refractivity contribution is 6.60. The third kappa shape index (κ3) is 2.85. The van der Waals surface area contributed by atoms with Crippen molar-refractivity contribution in [3.05, 3.63) is 58.9 Å². The molecule has 3 rings (SSSR count). The van der Waals surface area contributed by atoms with Gasteiger partial charge in [-0.1, -0.05) is 23.7 Å². The van der Waals surface area contributed by atoms with E-state index >= 15 is 0 Å². The van der Waals surface area contributed by atoms with Gasteiger partial charge >= 0.3 is 0 Å². The van der Waals surface area contributed by atoms with Gasteiger partial charge in [0, 0.05) is 6.07 Å². The van der Waals surface area contributed by atoms with Crippen LogP contribution in [0.3, 0.4) is 0 Å². The first-order chi connectivity index (χ1) is 12.0. The minimum atomic E-state index is -0.683. The maximum atomic E-state index is 13.1. The van der Waals surface area contributed by atoms with Crippen LogP contribution in [0.1, 0.15) is 5.56 Å². The smallest absolute Gasteiger partial charge is 0.277 e. The van der Waals surface area contributed by atoms with E-state index in [1.807, 2.05) is 0 Å². The van der Waals surface area contributed by atoms with Crippen LogP contribution in [-0.4, -0.2) is 26.0 Å². The molecular weight excluding hydrogens is 349 g/mol. The minimum absolute atomic E-state index is 0.0107. The van der Waals surface area contributed by atoms with Gasteiger partial charge in [0.2, 0.25) is 0 Å². The third-order valence-corrected chi connectivity index (χ3v) is 4.14. The first-order valence-corrected chi connectivity index (χ1v) is 7.62. The summed E-state index contributed by atoms with van der Waals surface area (Å²) in [4.78, 5) is 26.4.